The number of hydrogen-bond acceptors (Lipinski definition) is 5. The van der Waals surface area contributed by atoms with Crippen molar-refractivity contribution in [3.8, 4) is 11.5 Å². The minimum Gasteiger partial charge on any atom is -0.454 e. The fourth-order valence-corrected chi connectivity index (χ4v) is 3.98. The van der Waals surface area contributed by atoms with E-state index in [0.29, 0.717) is 18.9 Å². The van der Waals surface area contributed by atoms with E-state index < -0.39 is 0 Å². The van der Waals surface area contributed by atoms with Gasteiger partial charge in [-0.05, 0) is 57.2 Å². The maximum atomic E-state index is 6.12. The van der Waals surface area contributed by atoms with Crippen LogP contribution in [-0.2, 0) is 17.7 Å². The zero-order valence-corrected chi connectivity index (χ0v) is 16.2. The van der Waals surface area contributed by atoms with Crippen molar-refractivity contribution in [3.63, 3.8) is 0 Å². The van der Waals surface area contributed by atoms with Gasteiger partial charge in [0, 0.05) is 37.6 Å². The number of rotatable bonds is 7. The fourth-order valence-electron chi connectivity index (χ4n) is 3.98. The summed E-state index contributed by atoms with van der Waals surface area (Å²) in [6.07, 6.45) is 8.22. The molecule has 4 rings (SSSR count). The van der Waals surface area contributed by atoms with E-state index >= 15 is 0 Å². The topological polar surface area (TPSA) is 57.5 Å². The van der Waals surface area contributed by atoms with Crippen molar-refractivity contribution in [1.82, 2.24) is 14.9 Å². The van der Waals surface area contributed by atoms with Crippen molar-refractivity contribution >= 4 is 0 Å². The standard InChI is InChI=1S/C21H29N3O3/c1-3-24-11-10-22-21(24)20-17(5-4-12-25-20)23-15(2)6-7-16-8-9-18-19(13-16)27-14-26-18/h8-11,13,15,17,20,23H,3-7,12,14H2,1-2H3/t15-,17-,20-/m0/s1. The SMILES string of the molecule is CCn1ccnc1[C@H]1OCCC[C@@H]1N[C@@H](C)CCc1ccc2c(c1)OCO2. The first-order valence-corrected chi connectivity index (χ1v) is 10.0. The summed E-state index contributed by atoms with van der Waals surface area (Å²) >= 11 is 0. The number of ether oxygens (including phenoxy) is 3. The molecule has 1 N–H and O–H groups in total. The van der Waals surface area contributed by atoms with Crippen molar-refractivity contribution in [2.24, 2.45) is 0 Å². The second kappa shape index (κ2) is 8.31. The van der Waals surface area contributed by atoms with Gasteiger partial charge in [-0.1, -0.05) is 6.07 Å². The predicted octanol–water partition coefficient (Wildman–Crippen LogP) is 3.46. The van der Waals surface area contributed by atoms with Crippen LogP contribution in [0.15, 0.2) is 30.6 Å². The second-order valence-electron chi connectivity index (χ2n) is 7.41. The average Bonchev–Trinajstić information content (AvgIpc) is 3.35. The molecule has 0 aliphatic carbocycles. The van der Waals surface area contributed by atoms with Gasteiger partial charge in [0.15, 0.2) is 11.5 Å². The number of nitrogens with one attached hydrogen (secondary N) is 1. The Kier molecular flexibility index (Phi) is 5.64. The predicted molar refractivity (Wildman–Crippen MR) is 103 cm³/mol. The third-order valence-corrected chi connectivity index (χ3v) is 5.47. The Morgan fingerprint density at radius 3 is 3.07 bits per heavy atom. The number of nitrogens with zero attached hydrogens (tertiary/aromatic N) is 2. The summed E-state index contributed by atoms with van der Waals surface area (Å²) in [6.45, 7) is 6.45. The van der Waals surface area contributed by atoms with Crippen LogP contribution < -0.4 is 14.8 Å². The number of hydrogen-bond donors (Lipinski definition) is 1. The molecule has 1 aromatic heterocycles. The molecule has 0 spiro atoms. The normalized spacial score (nSPS) is 22.7. The summed E-state index contributed by atoms with van der Waals surface area (Å²) in [4.78, 5) is 4.57. The van der Waals surface area contributed by atoms with Crippen molar-refractivity contribution in [2.45, 2.75) is 64.3 Å². The quantitative estimate of drug-likeness (QED) is 0.808. The monoisotopic (exact) mass is 371 g/mol. The van der Waals surface area contributed by atoms with Gasteiger partial charge < -0.3 is 24.1 Å². The number of imidazole rings is 1. The van der Waals surface area contributed by atoms with E-state index in [4.69, 9.17) is 14.2 Å². The summed E-state index contributed by atoms with van der Waals surface area (Å²) in [6, 6.07) is 6.93. The molecule has 0 radical (unpaired) electrons. The van der Waals surface area contributed by atoms with Gasteiger partial charge in [-0.15, -0.1) is 0 Å². The lowest BCUT2D eigenvalue weighted by Gasteiger charge is -2.34. The minimum absolute atomic E-state index is 0.0293. The number of fused-ring (bicyclic) bond motifs is 1. The van der Waals surface area contributed by atoms with Gasteiger partial charge in [0.1, 0.15) is 11.9 Å². The van der Waals surface area contributed by atoms with Gasteiger partial charge in [0.25, 0.3) is 0 Å². The molecule has 0 amide bonds. The lowest BCUT2D eigenvalue weighted by molar-refractivity contribution is -0.0205. The van der Waals surface area contributed by atoms with Crippen LogP contribution in [0.25, 0.3) is 0 Å². The zero-order valence-electron chi connectivity index (χ0n) is 16.2. The summed E-state index contributed by atoms with van der Waals surface area (Å²) in [5.41, 5.74) is 1.28. The highest BCUT2D eigenvalue weighted by Crippen LogP contribution is 2.33. The van der Waals surface area contributed by atoms with Crippen LogP contribution in [0.3, 0.4) is 0 Å². The Balaban J connectivity index is 1.35. The molecular formula is C21H29N3O3. The van der Waals surface area contributed by atoms with Crippen LogP contribution in [-0.4, -0.2) is 35.0 Å². The molecule has 1 fully saturated rings. The average molecular weight is 371 g/mol. The second-order valence-corrected chi connectivity index (χ2v) is 7.41. The molecule has 27 heavy (non-hydrogen) atoms. The van der Waals surface area contributed by atoms with Gasteiger partial charge >= 0.3 is 0 Å². The van der Waals surface area contributed by atoms with E-state index in [2.05, 4.69) is 40.8 Å². The number of aryl methyl sites for hydroxylation is 2. The molecule has 0 bridgehead atoms. The first-order valence-electron chi connectivity index (χ1n) is 10.0. The van der Waals surface area contributed by atoms with Crippen LogP contribution in [0.1, 0.15) is 50.6 Å². The molecular weight excluding hydrogens is 342 g/mol. The van der Waals surface area contributed by atoms with E-state index in [9.17, 15) is 0 Å². The van der Waals surface area contributed by atoms with E-state index in [1.165, 1.54) is 5.56 Å². The summed E-state index contributed by atoms with van der Waals surface area (Å²) in [5, 5.41) is 3.80. The maximum Gasteiger partial charge on any atom is 0.231 e. The molecule has 146 valence electrons. The highest BCUT2D eigenvalue weighted by Gasteiger charge is 2.31. The minimum atomic E-state index is 0.0293. The van der Waals surface area contributed by atoms with E-state index in [0.717, 1.165) is 56.2 Å². The Morgan fingerprint density at radius 2 is 2.19 bits per heavy atom. The van der Waals surface area contributed by atoms with Crippen LogP contribution in [0.5, 0.6) is 11.5 Å². The third-order valence-electron chi connectivity index (χ3n) is 5.47. The molecule has 6 nitrogen and oxygen atoms in total. The Morgan fingerprint density at radius 1 is 1.30 bits per heavy atom. The van der Waals surface area contributed by atoms with Crippen LogP contribution in [0.2, 0.25) is 0 Å². The number of benzene rings is 1. The molecule has 1 saturated heterocycles. The lowest BCUT2D eigenvalue weighted by Crippen LogP contribution is -2.44. The van der Waals surface area contributed by atoms with Gasteiger partial charge in [-0.25, -0.2) is 4.98 Å². The van der Waals surface area contributed by atoms with Gasteiger partial charge in [0.2, 0.25) is 6.79 Å². The van der Waals surface area contributed by atoms with Crippen molar-refractivity contribution < 1.29 is 14.2 Å². The molecule has 2 aliphatic heterocycles. The molecule has 0 unspecified atom stereocenters. The molecule has 2 aromatic rings. The molecule has 3 heterocycles. The van der Waals surface area contributed by atoms with E-state index in [1.54, 1.807) is 0 Å². The maximum absolute atomic E-state index is 6.12. The van der Waals surface area contributed by atoms with Gasteiger partial charge in [-0.2, -0.15) is 0 Å². The third kappa shape index (κ3) is 4.12. The van der Waals surface area contributed by atoms with E-state index in [1.807, 2.05) is 18.5 Å². The zero-order chi connectivity index (χ0) is 18.6. The van der Waals surface area contributed by atoms with Crippen LogP contribution in [0.4, 0.5) is 0 Å². The Labute approximate surface area is 160 Å². The summed E-state index contributed by atoms with van der Waals surface area (Å²) in [7, 11) is 0. The number of aromatic nitrogens is 2. The summed E-state index contributed by atoms with van der Waals surface area (Å²) < 4.78 is 19.2. The van der Waals surface area contributed by atoms with Crippen molar-refractivity contribution in [1.29, 1.82) is 0 Å². The Hall–Kier alpha value is -2.05. The van der Waals surface area contributed by atoms with Crippen molar-refractivity contribution in [3.05, 3.63) is 42.0 Å². The molecule has 3 atom stereocenters. The molecule has 0 saturated carbocycles. The molecule has 2 aliphatic rings. The Bertz CT molecular complexity index is 761. The van der Waals surface area contributed by atoms with Gasteiger partial charge in [0.05, 0.1) is 0 Å². The van der Waals surface area contributed by atoms with Gasteiger partial charge in [-0.3, -0.25) is 0 Å². The fraction of sp³-hybridized carbons (Fsp3) is 0.571. The molecule has 6 heteroatoms. The van der Waals surface area contributed by atoms with Crippen LogP contribution >= 0.6 is 0 Å². The molecule has 1 aromatic carbocycles. The first-order chi connectivity index (χ1) is 13.2. The van der Waals surface area contributed by atoms with Crippen molar-refractivity contribution in [2.75, 3.05) is 13.4 Å². The summed E-state index contributed by atoms with van der Waals surface area (Å²) in [5.74, 6) is 2.75. The smallest absolute Gasteiger partial charge is 0.231 e. The largest absolute Gasteiger partial charge is 0.454 e. The highest BCUT2D eigenvalue weighted by molar-refractivity contribution is 5.44. The lowest BCUT2D eigenvalue weighted by atomic mass is 9.99. The van der Waals surface area contributed by atoms with E-state index in [-0.39, 0.29) is 6.10 Å². The first kappa shape index (κ1) is 18.3. The van der Waals surface area contributed by atoms with Crippen LogP contribution in [0, 0.1) is 0 Å². The highest BCUT2D eigenvalue weighted by atomic mass is 16.7.